The molecule has 4 rings (SSSR count). The van der Waals surface area contributed by atoms with Gasteiger partial charge in [-0.3, -0.25) is 10.1 Å². The number of rotatable bonds is 5. The van der Waals surface area contributed by atoms with Crippen LogP contribution in [0.3, 0.4) is 0 Å². The highest BCUT2D eigenvalue weighted by Gasteiger charge is 2.18. The SMILES string of the molecule is CCn1c2ccccc2c2nnc(SCC(=O)NC(=O)NC3CCCCC3)nc21. The summed E-state index contributed by atoms with van der Waals surface area (Å²) >= 11 is 1.17. The van der Waals surface area contributed by atoms with E-state index in [1.807, 2.05) is 24.3 Å². The maximum Gasteiger partial charge on any atom is 0.321 e. The van der Waals surface area contributed by atoms with Crippen LogP contribution in [0.25, 0.3) is 22.1 Å². The first kappa shape index (κ1) is 19.6. The zero-order valence-corrected chi connectivity index (χ0v) is 17.2. The summed E-state index contributed by atoms with van der Waals surface area (Å²) in [6.07, 6.45) is 5.40. The summed E-state index contributed by atoms with van der Waals surface area (Å²) in [4.78, 5) is 28.7. The maximum absolute atomic E-state index is 12.1. The summed E-state index contributed by atoms with van der Waals surface area (Å²) < 4.78 is 2.08. The number of hydrogen-bond donors (Lipinski definition) is 2. The second-order valence-electron chi connectivity index (χ2n) is 7.17. The number of benzene rings is 1. The van der Waals surface area contributed by atoms with Gasteiger partial charge >= 0.3 is 6.03 Å². The van der Waals surface area contributed by atoms with E-state index in [-0.39, 0.29) is 17.7 Å². The summed E-state index contributed by atoms with van der Waals surface area (Å²) in [5, 5.41) is 15.2. The number of nitrogens with zero attached hydrogens (tertiary/aromatic N) is 4. The zero-order chi connectivity index (χ0) is 20.2. The van der Waals surface area contributed by atoms with Crippen LogP contribution in [-0.2, 0) is 11.3 Å². The highest BCUT2D eigenvalue weighted by atomic mass is 32.2. The molecule has 3 aromatic rings. The molecule has 8 nitrogen and oxygen atoms in total. The third-order valence-electron chi connectivity index (χ3n) is 5.20. The second-order valence-corrected chi connectivity index (χ2v) is 8.12. The number of carbonyl (C=O) groups is 2. The number of thioether (sulfide) groups is 1. The van der Waals surface area contributed by atoms with Crippen molar-refractivity contribution in [1.82, 2.24) is 30.4 Å². The Kier molecular flexibility index (Phi) is 5.94. The highest BCUT2D eigenvalue weighted by molar-refractivity contribution is 7.99. The van der Waals surface area contributed by atoms with Crippen LogP contribution < -0.4 is 10.6 Å². The minimum atomic E-state index is -0.428. The van der Waals surface area contributed by atoms with Crippen molar-refractivity contribution < 1.29 is 9.59 Å². The van der Waals surface area contributed by atoms with Gasteiger partial charge in [0.25, 0.3) is 0 Å². The Labute approximate surface area is 172 Å². The minimum Gasteiger partial charge on any atom is -0.335 e. The number of amides is 3. The van der Waals surface area contributed by atoms with E-state index in [9.17, 15) is 9.59 Å². The summed E-state index contributed by atoms with van der Waals surface area (Å²) in [6.45, 7) is 2.81. The van der Waals surface area contributed by atoms with Crippen LogP contribution in [0.1, 0.15) is 39.0 Å². The van der Waals surface area contributed by atoms with Crippen molar-refractivity contribution in [3.63, 3.8) is 0 Å². The molecule has 0 bridgehead atoms. The lowest BCUT2D eigenvalue weighted by Gasteiger charge is -2.22. The molecule has 0 saturated heterocycles. The standard InChI is InChI=1S/C20H24N6O2S/c1-2-26-15-11-7-6-10-14(15)17-18(26)23-20(25-24-17)29-12-16(27)22-19(28)21-13-8-4-3-5-9-13/h6-7,10-11,13H,2-5,8-9,12H2,1H3,(H2,21,22,27,28). The van der Waals surface area contributed by atoms with E-state index in [0.29, 0.717) is 5.16 Å². The second kappa shape index (κ2) is 8.77. The molecule has 152 valence electrons. The first-order valence-electron chi connectivity index (χ1n) is 10.0. The molecule has 0 aliphatic heterocycles. The van der Waals surface area contributed by atoms with Crippen LogP contribution in [0.15, 0.2) is 29.4 Å². The number of urea groups is 1. The van der Waals surface area contributed by atoms with Crippen LogP contribution in [0.2, 0.25) is 0 Å². The molecule has 0 unspecified atom stereocenters. The fourth-order valence-electron chi connectivity index (χ4n) is 3.83. The third kappa shape index (κ3) is 4.34. The fourth-order valence-corrected chi connectivity index (χ4v) is 4.41. The molecule has 1 aromatic carbocycles. The number of aryl methyl sites for hydroxylation is 1. The molecule has 1 aliphatic carbocycles. The van der Waals surface area contributed by atoms with Gasteiger partial charge in [0, 0.05) is 18.0 Å². The Balaban J connectivity index is 1.39. The molecule has 0 spiro atoms. The molecular formula is C20H24N6O2S. The van der Waals surface area contributed by atoms with Crippen molar-refractivity contribution in [2.24, 2.45) is 0 Å². The Bertz CT molecular complexity index is 1040. The predicted molar refractivity (Wildman–Crippen MR) is 113 cm³/mol. The summed E-state index contributed by atoms with van der Waals surface area (Å²) in [5.74, 6) is -0.319. The van der Waals surface area contributed by atoms with Crippen LogP contribution in [-0.4, -0.2) is 43.5 Å². The average molecular weight is 413 g/mol. The quantitative estimate of drug-likeness (QED) is 0.624. The Morgan fingerprint density at radius 3 is 2.76 bits per heavy atom. The molecule has 2 N–H and O–H groups in total. The molecular weight excluding hydrogens is 388 g/mol. The number of imide groups is 1. The van der Waals surface area contributed by atoms with Crippen molar-refractivity contribution in [3.05, 3.63) is 24.3 Å². The Hall–Kier alpha value is -2.68. The minimum absolute atomic E-state index is 0.0532. The number of fused-ring (bicyclic) bond motifs is 3. The third-order valence-corrected chi connectivity index (χ3v) is 6.03. The molecule has 1 fully saturated rings. The van der Waals surface area contributed by atoms with E-state index in [1.54, 1.807) is 0 Å². The van der Waals surface area contributed by atoms with Crippen LogP contribution in [0.4, 0.5) is 4.79 Å². The highest BCUT2D eigenvalue weighted by Crippen LogP contribution is 2.26. The van der Waals surface area contributed by atoms with Crippen molar-refractivity contribution >= 4 is 45.8 Å². The Morgan fingerprint density at radius 1 is 1.17 bits per heavy atom. The lowest BCUT2D eigenvalue weighted by molar-refractivity contribution is -0.117. The van der Waals surface area contributed by atoms with E-state index >= 15 is 0 Å². The van der Waals surface area contributed by atoms with Gasteiger partial charge in [-0.05, 0) is 25.8 Å². The number of aromatic nitrogens is 4. The molecule has 0 atom stereocenters. The van der Waals surface area contributed by atoms with Crippen LogP contribution >= 0.6 is 11.8 Å². The van der Waals surface area contributed by atoms with Gasteiger partial charge in [-0.25, -0.2) is 9.78 Å². The number of nitrogens with one attached hydrogen (secondary N) is 2. The van der Waals surface area contributed by atoms with Crippen molar-refractivity contribution in [2.75, 3.05) is 5.75 Å². The van der Waals surface area contributed by atoms with E-state index in [1.165, 1.54) is 18.2 Å². The Morgan fingerprint density at radius 2 is 1.97 bits per heavy atom. The molecule has 2 heterocycles. The van der Waals surface area contributed by atoms with Crippen molar-refractivity contribution in [3.8, 4) is 0 Å². The normalized spacial score (nSPS) is 14.9. The fraction of sp³-hybridized carbons (Fsp3) is 0.450. The molecule has 9 heteroatoms. The lowest BCUT2D eigenvalue weighted by atomic mass is 9.96. The van der Waals surface area contributed by atoms with Gasteiger partial charge in [-0.2, -0.15) is 0 Å². The first-order chi connectivity index (χ1) is 14.2. The van der Waals surface area contributed by atoms with Crippen molar-refractivity contribution in [1.29, 1.82) is 0 Å². The summed E-state index contributed by atoms with van der Waals surface area (Å²) in [6, 6.07) is 7.73. The molecule has 1 aliphatic rings. The average Bonchev–Trinajstić information content (AvgIpc) is 3.05. The number of carbonyl (C=O) groups excluding carboxylic acids is 2. The number of para-hydroxylation sites is 1. The van der Waals surface area contributed by atoms with Gasteiger partial charge in [0.2, 0.25) is 11.1 Å². The van der Waals surface area contributed by atoms with E-state index in [2.05, 4.69) is 37.3 Å². The molecule has 3 amide bonds. The zero-order valence-electron chi connectivity index (χ0n) is 16.4. The van der Waals surface area contributed by atoms with Crippen LogP contribution in [0, 0.1) is 0 Å². The summed E-state index contributed by atoms with van der Waals surface area (Å²) in [7, 11) is 0. The molecule has 1 saturated carbocycles. The van der Waals surface area contributed by atoms with Gasteiger partial charge in [-0.15, -0.1) is 10.2 Å². The molecule has 2 aromatic heterocycles. The predicted octanol–water partition coefficient (Wildman–Crippen LogP) is 3.25. The van der Waals surface area contributed by atoms with Gasteiger partial charge in [0.15, 0.2) is 5.65 Å². The largest absolute Gasteiger partial charge is 0.335 e. The first-order valence-corrected chi connectivity index (χ1v) is 11.0. The monoisotopic (exact) mass is 412 g/mol. The van der Waals surface area contributed by atoms with E-state index in [4.69, 9.17) is 0 Å². The van der Waals surface area contributed by atoms with Gasteiger partial charge in [0.05, 0.1) is 11.3 Å². The summed E-state index contributed by atoms with van der Waals surface area (Å²) in [5.41, 5.74) is 2.57. The van der Waals surface area contributed by atoms with Crippen LogP contribution in [0.5, 0.6) is 0 Å². The topological polar surface area (TPSA) is 102 Å². The van der Waals surface area contributed by atoms with Crippen molar-refractivity contribution in [2.45, 2.75) is 56.8 Å². The number of hydrogen-bond acceptors (Lipinski definition) is 6. The van der Waals surface area contributed by atoms with E-state index < -0.39 is 6.03 Å². The van der Waals surface area contributed by atoms with Gasteiger partial charge < -0.3 is 9.88 Å². The molecule has 0 radical (unpaired) electrons. The molecule has 29 heavy (non-hydrogen) atoms. The maximum atomic E-state index is 12.1. The van der Waals surface area contributed by atoms with Gasteiger partial charge in [0.1, 0.15) is 5.52 Å². The smallest absolute Gasteiger partial charge is 0.321 e. The lowest BCUT2D eigenvalue weighted by Crippen LogP contribution is -2.45. The van der Waals surface area contributed by atoms with Gasteiger partial charge in [-0.1, -0.05) is 49.2 Å². The van der Waals surface area contributed by atoms with E-state index in [0.717, 1.165) is 54.3 Å².